The van der Waals surface area contributed by atoms with Crippen molar-refractivity contribution in [2.24, 2.45) is 0 Å². The Morgan fingerprint density at radius 3 is 2.85 bits per heavy atom. The highest BCUT2D eigenvalue weighted by Gasteiger charge is 2.15. The van der Waals surface area contributed by atoms with E-state index in [0.29, 0.717) is 23.2 Å². The minimum atomic E-state index is -0.419. The van der Waals surface area contributed by atoms with Crippen molar-refractivity contribution in [3.8, 4) is 28.6 Å². The number of hydrogen-bond donors (Lipinski definition) is 0. The summed E-state index contributed by atoms with van der Waals surface area (Å²) in [6, 6.07) is 13.6. The molecular formula is C18H13FN4O3S. The van der Waals surface area contributed by atoms with Crippen molar-refractivity contribution in [1.29, 1.82) is 0 Å². The van der Waals surface area contributed by atoms with Crippen molar-refractivity contribution in [3.63, 3.8) is 0 Å². The summed E-state index contributed by atoms with van der Waals surface area (Å²) in [5.41, 5.74) is 1.05. The quantitative estimate of drug-likeness (QED) is 0.457. The third kappa shape index (κ3) is 3.82. The minimum Gasteiger partial charge on any atom is -0.497 e. The highest BCUT2D eigenvalue weighted by atomic mass is 32.2. The van der Waals surface area contributed by atoms with E-state index in [4.69, 9.17) is 13.7 Å². The van der Waals surface area contributed by atoms with Gasteiger partial charge in [-0.15, -0.1) is 10.2 Å². The second kappa shape index (κ2) is 7.58. The molecule has 27 heavy (non-hydrogen) atoms. The topological polar surface area (TPSA) is 87.1 Å². The molecule has 0 bridgehead atoms. The van der Waals surface area contributed by atoms with Gasteiger partial charge in [-0.2, -0.15) is 4.98 Å². The first-order valence-electron chi connectivity index (χ1n) is 7.91. The molecule has 0 amide bonds. The smallest absolute Gasteiger partial charge is 0.277 e. The van der Waals surface area contributed by atoms with Crippen molar-refractivity contribution in [2.75, 3.05) is 7.11 Å². The maximum atomic E-state index is 13.8. The molecular weight excluding hydrogens is 371 g/mol. The Hall–Kier alpha value is -3.20. The van der Waals surface area contributed by atoms with Gasteiger partial charge in [0.2, 0.25) is 11.7 Å². The van der Waals surface area contributed by atoms with E-state index in [-0.39, 0.29) is 16.7 Å². The Labute approximate surface area is 157 Å². The molecule has 2 heterocycles. The Morgan fingerprint density at radius 1 is 1.11 bits per heavy atom. The molecule has 0 atom stereocenters. The van der Waals surface area contributed by atoms with Gasteiger partial charge >= 0.3 is 0 Å². The molecule has 0 saturated heterocycles. The average Bonchev–Trinajstić information content (AvgIpc) is 3.36. The molecule has 0 fully saturated rings. The summed E-state index contributed by atoms with van der Waals surface area (Å²) in [6.07, 6.45) is 0. The number of benzene rings is 2. The van der Waals surface area contributed by atoms with Crippen LogP contribution in [0.4, 0.5) is 4.39 Å². The molecule has 0 unspecified atom stereocenters. The molecule has 0 aliphatic rings. The maximum absolute atomic E-state index is 13.8. The molecule has 4 aromatic rings. The van der Waals surface area contributed by atoms with Crippen LogP contribution in [0.3, 0.4) is 0 Å². The van der Waals surface area contributed by atoms with Crippen LogP contribution in [0.5, 0.6) is 5.75 Å². The van der Waals surface area contributed by atoms with Crippen LogP contribution in [0, 0.1) is 5.82 Å². The van der Waals surface area contributed by atoms with E-state index in [1.54, 1.807) is 25.3 Å². The molecule has 2 aromatic carbocycles. The summed E-state index contributed by atoms with van der Waals surface area (Å²) >= 11 is 1.23. The van der Waals surface area contributed by atoms with Gasteiger partial charge in [0.1, 0.15) is 11.6 Å². The molecule has 0 saturated carbocycles. The summed E-state index contributed by atoms with van der Waals surface area (Å²) in [4.78, 5) is 4.35. The second-order valence-corrected chi connectivity index (χ2v) is 6.31. The Balaban J connectivity index is 1.44. The summed E-state index contributed by atoms with van der Waals surface area (Å²) in [5.74, 6) is 1.62. The zero-order valence-corrected chi connectivity index (χ0v) is 14.9. The van der Waals surface area contributed by atoms with Crippen LogP contribution in [0.2, 0.25) is 0 Å². The zero-order valence-electron chi connectivity index (χ0n) is 14.1. The van der Waals surface area contributed by atoms with Crippen LogP contribution in [-0.4, -0.2) is 27.4 Å². The molecule has 2 aromatic heterocycles. The number of aromatic nitrogens is 4. The predicted octanol–water partition coefficient (Wildman–Crippen LogP) is 4.23. The number of halogens is 1. The van der Waals surface area contributed by atoms with Gasteiger partial charge in [0.05, 0.1) is 18.4 Å². The SMILES string of the molecule is COc1cccc(-c2noc(CSc3nnc(-c4ccccc4F)o3)n2)c1. The van der Waals surface area contributed by atoms with Crippen LogP contribution in [0.25, 0.3) is 22.8 Å². The second-order valence-electron chi connectivity index (χ2n) is 5.39. The van der Waals surface area contributed by atoms with Crippen molar-refractivity contribution >= 4 is 11.8 Å². The van der Waals surface area contributed by atoms with E-state index < -0.39 is 5.82 Å². The Bertz CT molecular complexity index is 1070. The highest BCUT2D eigenvalue weighted by Crippen LogP contribution is 2.27. The first-order chi connectivity index (χ1) is 13.2. The van der Waals surface area contributed by atoms with Crippen molar-refractivity contribution in [1.82, 2.24) is 20.3 Å². The molecule has 136 valence electrons. The van der Waals surface area contributed by atoms with Crippen molar-refractivity contribution < 1.29 is 18.1 Å². The summed E-state index contributed by atoms with van der Waals surface area (Å²) in [7, 11) is 1.59. The molecule has 0 spiro atoms. The summed E-state index contributed by atoms with van der Waals surface area (Å²) in [6.45, 7) is 0. The lowest BCUT2D eigenvalue weighted by molar-refractivity contribution is 0.390. The minimum absolute atomic E-state index is 0.123. The van der Waals surface area contributed by atoms with Crippen LogP contribution >= 0.6 is 11.8 Å². The van der Waals surface area contributed by atoms with E-state index in [0.717, 1.165) is 5.56 Å². The van der Waals surface area contributed by atoms with Crippen LogP contribution < -0.4 is 4.74 Å². The fourth-order valence-electron chi connectivity index (χ4n) is 2.33. The van der Waals surface area contributed by atoms with Gasteiger partial charge in [-0.25, -0.2) is 4.39 Å². The van der Waals surface area contributed by atoms with Gasteiger partial charge in [0, 0.05) is 5.56 Å². The van der Waals surface area contributed by atoms with Gasteiger partial charge in [0.25, 0.3) is 11.1 Å². The van der Waals surface area contributed by atoms with Gasteiger partial charge in [-0.3, -0.25) is 0 Å². The number of methoxy groups -OCH3 is 1. The standard InChI is InChI=1S/C18H13FN4O3S/c1-24-12-6-4-5-11(9-12)16-20-15(26-23-16)10-27-18-22-21-17(25-18)13-7-2-3-8-14(13)19/h2-9H,10H2,1H3. The number of ether oxygens (including phenoxy) is 1. The zero-order chi connectivity index (χ0) is 18.6. The highest BCUT2D eigenvalue weighted by molar-refractivity contribution is 7.98. The third-order valence-electron chi connectivity index (χ3n) is 3.63. The predicted molar refractivity (Wildman–Crippen MR) is 95.5 cm³/mol. The monoisotopic (exact) mass is 384 g/mol. The van der Waals surface area contributed by atoms with E-state index in [9.17, 15) is 4.39 Å². The molecule has 0 aliphatic heterocycles. The Morgan fingerprint density at radius 2 is 2.00 bits per heavy atom. The van der Waals surface area contributed by atoms with E-state index >= 15 is 0 Å². The number of thioether (sulfide) groups is 1. The molecule has 0 aliphatic carbocycles. The van der Waals surface area contributed by atoms with Crippen molar-refractivity contribution in [2.45, 2.75) is 11.0 Å². The van der Waals surface area contributed by atoms with Gasteiger partial charge in [0.15, 0.2) is 0 Å². The van der Waals surface area contributed by atoms with Gasteiger partial charge in [-0.1, -0.05) is 41.2 Å². The van der Waals surface area contributed by atoms with Crippen LogP contribution in [-0.2, 0) is 5.75 Å². The normalized spacial score (nSPS) is 10.9. The van der Waals surface area contributed by atoms with E-state index in [1.165, 1.54) is 17.8 Å². The first kappa shape index (κ1) is 17.2. The van der Waals surface area contributed by atoms with Gasteiger partial charge in [-0.05, 0) is 24.3 Å². The summed E-state index contributed by atoms with van der Waals surface area (Å²) in [5, 5.41) is 12.0. The molecule has 4 rings (SSSR count). The molecule has 0 N–H and O–H groups in total. The summed E-state index contributed by atoms with van der Waals surface area (Å²) < 4.78 is 29.7. The number of rotatable bonds is 6. The lowest BCUT2D eigenvalue weighted by Crippen LogP contribution is -1.86. The lowest BCUT2D eigenvalue weighted by Gasteiger charge is -1.99. The van der Waals surface area contributed by atoms with Crippen LogP contribution in [0.1, 0.15) is 5.89 Å². The van der Waals surface area contributed by atoms with Crippen molar-refractivity contribution in [3.05, 3.63) is 60.2 Å². The molecule has 7 nitrogen and oxygen atoms in total. The number of hydrogen-bond acceptors (Lipinski definition) is 8. The number of nitrogens with zero attached hydrogens (tertiary/aromatic N) is 4. The fourth-order valence-corrected chi connectivity index (χ4v) is 2.93. The molecule has 0 radical (unpaired) electrons. The molecule has 9 heteroatoms. The van der Waals surface area contributed by atoms with E-state index in [2.05, 4.69) is 20.3 Å². The fraction of sp³-hybridized carbons (Fsp3) is 0.111. The van der Waals surface area contributed by atoms with Crippen LogP contribution in [0.15, 0.2) is 62.7 Å². The largest absolute Gasteiger partial charge is 0.497 e. The first-order valence-corrected chi connectivity index (χ1v) is 8.90. The lowest BCUT2D eigenvalue weighted by atomic mass is 10.2. The Kier molecular flexibility index (Phi) is 4.84. The average molecular weight is 384 g/mol. The van der Waals surface area contributed by atoms with Gasteiger partial charge < -0.3 is 13.7 Å². The maximum Gasteiger partial charge on any atom is 0.277 e. The third-order valence-corrected chi connectivity index (χ3v) is 4.43. The van der Waals surface area contributed by atoms with E-state index in [1.807, 2.05) is 24.3 Å².